The number of hydrogen-bond donors (Lipinski definition) is 2. The molecule has 0 aromatic carbocycles. The molecule has 6 heteroatoms. The molecule has 0 radical (unpaired) electrons. The summed E-state index contributed by atoms with van der Waals surface area (Å²) in [7, 11) is 0. The summed E-state index contributed by atoms with van der Waals surface area (Å²) in [5.74, 6) is -1.28. The third kappa shape index (κ3) is 2.24. The first kappa shape index (κ1) is 12.7. The minimum Gasteiger partial charge on any atom is -0.481 e. The van der Waals surface area contributed by atoms with E-state index < -0.39 is 11.9 Å². The maximum atomic E-state index is 12.2. The van der Waals surface area contributed by atoms with E-state index in [1.54, 1.807) is 17.3 Å². The lowest BCUT2D eigenvalue weighted by Crippen LogP contribution is -2.31. The maximum Gasteiger partial charge on any atom is 0.308 e. The zero-order valence-corrected chi connectivity index (χ0v) is 10.9. The van der Waals surface area contributed by atoms with Crippen LogP contribution in [-0.2, 0) is 16.0 Å². The minimum atomic E-state index is -0.823. The molecule has 1 aliphatic rings. The first-order valence-corrected chi connectivity index (χ1v) is 6.56. The fourth-order valence-corrected chi connectivity index (χ4v) is 2.62. The number of pyridine rings is 1. The lowest BCUT2D eigenvalue weighted by atomic mass is 10.1. The highest BCUT2D eigenvalue weighted by Gasteiger charge is 2.30. The monoisotopic (exact) mass is 273 g/mol. The van der Waals surface area contributed by atoms with Crippen molar-refractivity contribution in [3.8, 4) is 0 Å². The van der Waals surface area contributed by atoms with Crippen LogP contribution >= 0.6 is 0 Å². The molecule has 2 N–H and O–H groups in total. The van der Waals surface area contributed by atoms with Crippen LogP contribution in [0.3, 0.4) is 0 Å². The van der Waals surface area contributed by atoms with E-state index in [9.17, 15) is 9.59 Å². The van der Waals surface area contributed by atoms with Crippen LogP contribution in [0.25, 0.3) is 11.0 Å². The number of rotatable bonds is 3. The number of carboxylic acids is 1. The minimum absolute atomic E-state index is 0.0292. The summed E-state index contributed by atoms with van der Waals surface area (Å²) in [4.78, 5) is 32.0. The average Bonchev–Trinajstić information content (AvgIpc) is 3.06. The van der Waals surface area contributed by atoms with Crippen molar-refractivity contribution >= 4 is 22.9 Å². The molecule has 3 heterocycles. The predicted octanol–water partition coefficient (Wildman–Crippen LogP) is 1.04. The molecule has 2 aromatic rings. The van der Waals surface area contributed by atoms with Crippen LogP contribution in [0, 0.1) is 5.92 Å². The molecule has 6 nitrogen and oxygen atoms in total. The van der Waals surface area contributed by atoms with Gasteiger partial charge < -0.3 is 15.0 Å². The molecule has 104 valence electrons. The fraction of sp³-hybridized carbons (Fsp3) is 0.357. The number of H-pyrrole nitrogens is 1. The number of aromatic nitrogens is 2. The lowest BCUT2D eigenvalue weighted by Gasteiger charge is -2.15. The summed E-state index contributed by atoms with van der Waals surface area (Å²) >= 11 is 0. The van der Waals surface area contributed by atoms with Crippen LogP contribution in [-0.4, -0.2) is 44.9 Å². The predicted molar refractivity (Wildman–Crippen MR) is 72.1 cm³/mol. The van der Waals surface area contributed by atoms with Crippen LogP contribution in [0.1, 0.15) is 12.0 Å². The Morgan fingerprint density at radius 3 is 3.10 bits per heavy atom. The van der Waals surface area contributed by atoms with Gasteiger partial charge in [0.2, 0.25) is 5.91 Å². The van der Waals surface area contributed by atoms with Crippen LogP contribution in [0.2, 0.25) is 0 Å². The van der Waals surface area contributed by atoms with Gasteiger partial charge in [-0.15, -0.1) is 0 Å². The molecule has 1 amide bonds. The largest absolute Gasteiger partial charge is 0.481 e. The lowest BCUT2D eigenvalue weighted by molar-refractivity contribution is -0.141. The van der Waals surface area contributed by atoms with E-state index in [0.29, 0.717) is 19.5 Å². The molecule has 0 saturated carbocycles. The number of amides is 1. The number of aliphatic carboxylic acids is 1. The normalized spacial score (nSPS) is 18.6. The van der Waals surface area contributed by atoms with E-state index >= 15 is 0 Å². The van der Waals surface area contributed by atoms with Gasteiger partial charge in [0.15, 0.2) is 0 Å². The highest BCUT2D eigenvalue weighted by atomic mass is 16.4. The molecule has 1 fully saturated rings. The van der Waals surface area contributed by atoms with Gasteiger partial charge >= 0.3 is 5.97 Å². The van der Waals surface area contributed by atoms with E-state index in [1.165, 1.54) is 0 Å². The fourth-order valence-electron chi connectivity index (χ4n) is 2.62. The van der Waals surface area contributed by atoms with Gasteiger partial charge in [0.05, 0.1) is 12.3 Å². The average molecular weight is 273 g/mol. The third-order valence-corrected chi connectivity index (χ3v) is 3.77. The molecule has 0 spiro atoms. The first-order valence-electron chi connectivity index (χ1n) is 6.56. The van der Waals surface area contributed by atoms with Crippen molar-refractivity contribution in [3.05, 3.63) is 30.1 Å². The first-order chi connectivity index (χ1) is 9.65. The number of aromatic amines is 1. The number of carbonyl (C=O) groups excluding carboxylic acids is 1. The van der Waals surface area contributed by atoms with Gasteiger partial charge in [-0.2, -0.15) is 0 Å². The number of nitrogens with zero attached hydrogens (tertiary/aromatic N) is 2. The highest BCUT2D eigenvalue weighted by Crippen LogP contribution is 2.20. The molecular weight excluding hydrogens is 258 g/mol. The topological polar surface area (TPSA) is 86.3 Å². The molecule has 0 unspecified atom stereocenters. The van der Waals surface area contributed by atoms with Gasteiger partial charge in [-0.3, -0.25) is 9.59 Å². The van der Waals surface area contributed by atoms with Gasteiger partial charge in [-0.25, -0.2) is 4.98 Å². The molecule has 1 saturated heterocycles. The molecular formula is C14H15N3O3. The Balaban J connectivity index is 1.72. The van der Waals surface area contributed by atoms with Crippen molar-refractivity contribution in [2.45, 2.75) is 12.8 Å². The number of carboxylic acid groups (broad SMARTS) is 1. The highest BCUT2D eigenvalue weighted by molar-refractivity contribution is 5.87. The Labute approximate surface area is 115 Å². The maximum absolute atomic E-state index is 12.2. The SMILES string of the molecule is O=C(O)[C@H]1CCN(C(=O)Cc2c[nH]c3ncccc23)C1. The summed E-state index contributed by atoms with van der Waals surface area (Å²) in [6, 6.07) is 3.76. The summed E-state index contributed by atoms with van der Waals surface area (Å²) in [5.41, 5.74) is 1.66. The Kier molecular flexibility index (Phi) is 3.14. The second kappa shape index (κ2) is 4.96. The van der Waals surface area contributed by atoms with Crippen molar-refractivity contribution in [2.24, 2.45) is 5.92 Å². The number of fused-ring (bicyclic) bond motifs is 1. The van der Waals surface area contributed by atoms with Crippen molar-refractivity contribution in [2.75, 3.05) is 13.1 Å². The van der Waals surface area contributed by atoms with Crippen LogP contribution in [0.4, 0.5) is 0 Å². The Hall–Kier alpha value is -2.37. The van der Waals surface area contributed by atoms with Gasteiger partial charge in [0.25, 0.3) is 0 Å². The second-order valence-electron chi connectivity index (χ2n) is 5.05. The smallest absolute Gasteiger partial charge is 0.308 e. The van der Waals surface area contributed by atoms with Crippen molar-refractivity contribution < 1.29 is 14.7 Å². The molecule has 1 atom stereocenters. The molecule has 0 aliphatic carbocycles. The van der Waals surface area contributed by atoms with Crippen molar-refractivity contribution in [3.63, 3.8) is 0 Å². The summed E-state index contributed by atoms with van der Waals surface area (Å²) < 4.78 is 0. The molecule has 2 aromatic heterocycles. The summed E-state index contributed by atoms with van der Waals surface area (Å²) in [5, 5.41) is 9.90. The van der Waals surface area contributed by atoms with Crippen molar-refractivity contribution in [1.82, 2.24) is 14.9 Å². The summed E-state index contributed by atoms with van der Waals surface area (Å²) in [6.45, 7) is 0.838. The van der Waals surface area contributed by atoms with Gasteiger partial charge in [0, 0.05) is 30.9 Å². The Morgan fingerprint density at radius 1 is 1.50 bits per heavy atom. The third-order valence-electron chi connectivity index (χ3n) is 3.77. The molecule has 0 bridgehead atoms. The zero-order chi connectivity index (χ0) is 14.1. The number of hydrogen-bond acceptors (Lipinski definition) is 3. The number of carbonyl (C=O) groups is 2. The Morgan fingerprint density at radius 2 is 2.35 bits per heavy atom. The molecule has 20 heavy (non-hydrogen) atoms. The van der Waals surface area contributed by atoms with E-state index in [1.807, 2.05) is 12.1 Å². The quantitative estimate of drug-likeness (QED) is 0.874. The molecule has 1 aliphatic heterocycles. The summed E-state index contributed by atoms with van der Waals surface area (Å²) in [6.07, 6.45) is 4.30. The van der Waals surface area contributed by atoms with Gasteiger partial charge in [0.1, 0.15) is 5.65 Å². The van der Waals surface area contributed by atoms with E-state index in [0.717, 1.165) is 16.6 Å². The van der Waals surface area contributed by atoms with Gasteiger partial charge in [-0.1, -0.05) is 0 Å². The Bertz CT molecular complexity index is 664. The van der Waals surface area contributed by atoms with Crippen molar-refractivity contribution in [1.29, 1.82) is 0 Å². The van der Waals surface area contributed by atoms with E-state index in [4.69, 9.17) is 5.11 Å². The zero-order valence-electron chi connectivity index (χ0n) is 10.9. The van der Waals surface area contributed by atoms with Gasteiger partial charge in [-0.05, 0) is 24.1 Å². The second-order valence-corrected chi connectivity index (χ2v) is 5.05. The molecule has 3 rings (SSSR count). The standard InChI is InChI=1S/C14H15N3O3/c18-12(17-5-3-9(8-17)14(19)20)6-10-7-16-13-11(10)2-1-4-15-13/h1-2,4,7,9H,3,5-6,8H2,(H,15,16)(H,19,20)/t9-/m0/s1. The van der Waals surface area contributed by atoms with E-state index in [-0.39, 0.29) is 12.3 Å². The van der Waals surface area contributed by atoms with Crippen LogP contribution in [0.15, 0.2) is 24.5 Å². The van der Waals surface area contributed by atoms with Crippen LogP contribution < -0.4 is 0 Å². The number of likely N-dealkylation sites (tertiary alicyclic amines) is 1. The van der Waals surface area contributed by atoms with E-state index in [2.05, 4.69) is 9.97 Å². The van der Waals surface area contributed by atoms with Crippen LogP contribution in [0.5, 0.6) is 0 Å². The number of nitrogens with one attached hydrogen (secondary N) is 1.